The van der Waals surface area contributed by atoms with Gasteiger partial charge in [-0.3, -0.25) is 0 Å². The average Bonchev–Trinajstić information content (AvgIpc) is 2.16. The first-order chi connectivity index (χ1) is 6.52. The highest BCUT2D eigenvalue weighted by molar-refractivity contribution is 6.58. The van der Waals surface area contributed by atoms with Crippen molar-refractivity contribution in [3.05, 3.63) is 29.8 Å². The van der Waals surface area contributed by atoms with E-state index in [1.54, 1.807) is 0 Å². The van der Waals surface area contributed by atoms with E-state index in [1.165, 1.54) is 18.2 Å². The minimum Gasteiger partial charge on any atom is -0.423 e. The molecule has 0 saturated carbocycles. The van der Waals surface area contributed by atoms with Gasteiger partial charge >= 0.3 is 7.12 Å². The van der Waals surface area contributed by atoms with Crippen LogP contribution in [0.4, 0.5) is 8.78 Å². The van der Waals surface area contributed by atoms with Crippen LogP contribution in [0.5, 0.6) is 0 Å². The summed E-state index contributed by atoms with van der Waals surface area (Å²) in [5, 5.41) is 26.5. The first-order valence-electron chi connectivity index (χ1n) is 3.94. The zero-order valence-electron chi connectivity index (χ0n) is 7.14. The molecule has 14 heavy (non-hydrogen) atoms. The monoisotopic (exact) mass is 202 g/mol. The van der Waals surface area contributed by atoms with Gasteiger partial charge in [0, 0.05) is 0 Å². The molecule has 0 amide bonds. The molecule has 0 aliphatic carbocycles. The number of rotatable bonds is 3. The third-order valence-electron chi connectivity index (χ3n) is 1.79. The van der Waals surface area contributed by atoms with Crippen LogP contribution in [-0.2, 0) is 0 Å². The average molecular weight is 202 g/mol. The largest absolute Gasteiger partial charge is 0.488 e. The third kappa shape index (κ3) is 2.51. The zero-order chi connectivity index (χ0) is 10.7. The van der Waals surface area contributed by atoms with Crippen LogP contribution in [0.3, 0.4) is 0 Å². The number of hydrogen-bond acceptors (Lipinski definition) is 3. The molecule has 0 aromatic heterocycles. The molecule has 1 atom stereocenters. The highest BCUT2D eigenvalue weighted by atomic mass is 19.3. The Hall–Kier alpha value is -0.975. The van der Waals surface area contributed by atoms with E-state index in [0.717, 1.165) is 6.07 Å². The highest BCUT2D eigenvalue weighted by Gasteiger charge is 2.20. The Morgan fingerprint density at radius 2 is 1.86 bits per heavy atom. The topological polar surface area (TPSA) is 60.7 Å². The fourth-order valence-electron chi connectivity index (χ4n) is 1.05. The first-order valence-corrected chi connectivity index (χ1v) is 3.94. The van der Waals surface area contributed by atoms with Gasteiger partial charge in [0.15, 0.2) is 0 Å². The molecular weight excluding hydrogens is 193 g/mol. The van der Waals surface area contributed by atoms with E-state index < -0.39 is 19.6 Å². The van der Waals surface area contributed by atoms with Gasteiger partial charge < -0.3 is 15.2 Å². The Balaban J connectivity index is 2.93. The number of aliphatic hydroxyl groups excluding tert-OH is 1. The minimum absolute atomic E-state index is 0.0365. The number of alkyl halides is 2. The second-order valence-corrected chi connectivity index (χ2v) is 2.82. The fourth-order valence-corrected chi connectivity index (χ4v) is 1.05. The van der Waals surface area contributed by atoms with Crippen molar-refractivity contribution in [3.63, 3.8) is 0 Å². The molecule has 3 N–H and O–H groups in total. The fraction of sp³-hybridized carbons (Fsp3) is 0.250. The Kier molecular flexibility index (Phi) is 3.57. The summed E-state index contributed by atoms with van der Waals surface area (Å²) in [7, 11) is -1.72. The Labute approximate surface area is 79.8 Å². The summed E-state index contributed by atoms with van der Waals surface area (Å²) < 4.78 is 24.1. The quantitative estimate of drug-likeness (QED) is 0.588. The highest BCUT2D eigenvalue weighted by Crippen LogP contribution is 2.18. The molecule has 0 bridgehead atoms. The predicted octanol–water partition coefficient (Wildman–Crippen LogP) is -0.335. The Morgan fingerprint density at radius 1 is 1.21 bits per heavy atom. The van der Waals surface area contributed by atoms with E-state index in [-0.39, 0.29) is 11.0 Å². The summed E-state index contributed by atoms with van der Waals surface area (Å²) in [4.78, 5) is 0. The molecule has 0 unspecified atom stereocenters. The molecule has 0 aliphatic heterocycles. The van der Waals surface area contributed by atoms with E-state index in [2.05, 4.69) is 0 Å². The molecule has 6 heteroatoms. The molecule has 1 aromatic rings. The summed E-state index contributed by atoms with van der Waals surface area (Å²) in [5.74, 6) is 0. The Morgan fingerprint density at radius 3 is 2.36 bits per heavy atom. The van der Waals surface area contributed by atoms with Crippen LogP contribution in [0, 0.1) is 0 Å². The van der Waals surface area contributed by atoms with Crippen LogP contribution in [0.25, 0.3) is 0 Å². The first kappa shape index (κ1) is 11.1. The standard InChI is InChI=1S/C8H9BF2O3/c10-8(11)7(12)5-2-1-3-6(4-5)9(13)14/h1-4,7-8,12-14H/t7-/m1/s1. The lowest BCUT2D eigenvalue weighted by atomic mass is 9.79. The lowest BCUT2D eigenvalue weighted by molar-refractivity contribution is -0.00574. The van der Waals surface area contributed by atoms with Crippen molar-refractivity contribution in [3.8, 4) is 0 Å². The van der Waals surface area contributed by atoms with Crippen molar-refractivity contribution >= 4 is 12.6 Å². The van der Waals surface area contributed by atoms with Crippen molar-refractivity contribution in [1.82, 2.24) is 0 Å². The molecule has 1 rings (SSSR count). The minimum atomic E-state index is -2.89. The summed E-state index contributed by atoms with van der Waals surface area (Å²) >= 11 is 0. The van der Waals surface area contributed by atoms with E-state index in [9.17, 15) is 8.78 Å². The Bertz CT molecular complexity index is 306. The molecule has 3 nitrogen and oxygen atoms in total. The van der Waals surface area contributed by atoms with Crippen molar-refractivity contribution in [2.75, 3.05) is 0 Å². The second-order valence-electron chi connectivity index (χ2n) is 2.82. The van der Waals surface area contributed by atoms with E-state index in [4.69, 9.17) is 15.2 Å². The lowest BCUT2D eigenvalue weighted by Crippen LogP contribution is -2.30. The van der Waals surface area contributed by atoms with Gasteiger partial charge in [0.25, 0.3) is 6.43 Å². The van der Waals surface area contributed by atoms with Gasteiger partial charge in [-0.2, -0.15) is 0 Å². The maximum Gasteiger partial charge on any atom is 0.488 e. The van der Waals surface area contributed by atoms with Crippen LogP contribution < -0.4 is 5.46 Å². The maximum absolute atomic E-state index is 12.1. The van der Waals surface area contributed by atoms with Crippen LogP contribution in [0.2, 0.25) is 0 Å². The van der Waals surface area contributed by atoms with Gasteiger partial charge in [-0.1, -0.05) is 24.3 Å². The molecule has 0 aliphatic rings. The van der Waals surface area contributed by atoms with Crippen molar-refractivity contribution < 1.29 is 23.9 Å². The zero-order valence-corrected chi connectivity index (χ0v) is 7.14. The van der Waals surface area contributed by atoms with Gasteiger partial charge in [-0.25, -0.2) is 8.78 Å². The number of benzene rings is 1. The van der Waals surface area contributed by atoms with E-state index >= 15 is 0 Å². The second kappa shape index (κ2) is 4.50. The number of aliphatic hydroxyl groups is 1. The van der Waals surface area contributed by atoms with Gasteiger partial charge in [0.05, 0.1) is 0 Å². The summed E-state index contributed by atoms with van der Waals surface area (Å²) in [6, 6.07) is 5.16. The van der Waals surface area contributed by atoms with Gasteiger partial charge in [0.2, 0.25) is 0 Å². The molecule has 76 valence electrons. The molecule has 0 fully saturated rings. The van der Waals surface area contributed by atoms with Gasteiger partial charge in [0.1, 0.15) is 6.10 Å². The van der Waals surface area contributed by atoms with Crippen LogP contribution >= 0.6 is 0 Å². The third-order valence-corrected chi connectivity index (χ3v) is 1.79. The van der Waals surface area contributed by atoms with Crippen molar-refractivity contribution in [1.29, 1.82) is 0 Å². The van der Waals surface area contributed by atoms with E-state index in [1.807, 2.05) is 0 Å². The predicted molar refractivity (Wildman–Crippen MR) is 47.2 cm³/mol. The van der Waals surface area contributed by atoms with Crippen molar-refractivity contribution in [2.24, 2.45) is 0 Å². The lowest BCUT2D eigenvalue weighted by Gasteiger charge is -2.10. The molecule has 0 spiro atoms. The summed E-state index contributed by atoms with van der Waals surface area (Å²) in [5.41, 5.74) is 0.0350. The molecule has 0 saturated heterocycles. The normalized spacial score (nSPS) is 13.0. The summed E-state index contributed by atoms with van der Waals surface area (Å²) in [6.45, 7) is 0. The smallest absolute Gasteiger partial charge is 0.423 e. The SMILES string of the molecule is OB(O)c1cccc([C@@H](O)C(F)F)c1. The molecule has 0 heterocycles. The molecule has 1 aromatic carbocycles. The number of halogens is 2. The molecule has 0 radical (unpaired) electrons. The summed E-state index contributed by atoms with van der Waals surface area (Å²) in [6.07, 6.45) is -4.78. The molecular formula is C8H9BF2O3. The van der Waals surface area contributed by atoms with Crippen LogP contribution in [0.1, 0.15) is 11.7 Å². The van der Waals surface area contributed by atoms with Gasteiger partial charge in [-0.05, 0) is 11.0 Å². The van der Waals surface area contributed by atoms with E-state index in [0.29, 0.717) is 0 Å². The van der Waals surface area contributed by atoms with Gasteiger partial charge in [-0.15, -0.1) is 0 Å². The van der Waals surface area contributed by atoms with Crippen LogP contribution in [0.15, 0.2) is 24.3 Å². The maximum atomic E-state index is 12.1. The van der Waals surface area contributed by atoms with Crippen LogP contribution in [-0.4, -0.2) is 28.7 Å². The van der Waals surface area contributed by atoms with Crippen molar-refractivity contribution in [2.45, 2.75) is 12.5 Å². The number of hydrogen-bond donors (Lipinski definition) is 3.